The molecular formula is C16H29NO2S. The largest absolute Gasteiger partial charge is 0.389 e. The summed E-state index contributed by atoms with van der Waals surface area (Å²) in [5, 5.41) is 11.1. The van der Waals surface area contributed by atoms with Crippen LogP contribution in [0, 0.1) is 5.92 Å². The van der Waals surface area contributed by atoms with E-state index in [1.54, 1.807) is 0 Å². The number of aliphatic hydroxyl groups is 1. The van der Waals surface area contributed by atoms with Crippen LogP contribution in [0.15, 0.2) is 0 Å². The average molecular weight is 299 g/mol. The maximum Gasteiger partial charge on any atom is 0.0784 e. The van der Waals surface area contributed by atoms with Gasteiger partial charge in [-0.25, -0.2) is 0 Å². The van der Waals surface area contributed by atoms with Crippen molar-refractivity contribution in [2.75, 3.05) is 37.7 Å². The Hall–Kier alpha value is 0.230. The molecule has 0 aromatic carbocycles. The average Bonchev–Trinajstić information content (AvgIpc) is 2.90. The fourth-order valence-corrected chi connectivity index (χ4v) is 5.62. The van der Waals surface area contributed by atoms with E-state index in [1.165, 1.54) is 25.1 Å². The maximum atomic E-state index is 11.1. The molecule has 3 fully saturated rings. The van der Waals surface area contributed by atoms with E-state index >= 15 is 0 Å². The molecule has 3 nitrogen and oxygen atoms in total. The molecule has 3 aliphatic rings. The van der Waals surface area contributed by atoms with Crippen molar-refractivity contribution in [3.63, 3.8) is 0 Å². The third kappa shape index (κ3) is 3.03. The molecule has 2 unspecified atom stereocenters. The smallest absolute Gasteiger partial charge is 0.0784 e. The Kier molecular flexibility index (Phi) is 4.66. The predicted molar refractivity (Wildman–Crippen MR) is 84.3 cm³/mol. The molecule has 0 aromatic heterocycles. The molecule has 0 aromatic rings. The van der Waals surface area contributed by atoms with Gasteiger partial charge in [-0.05, 0) is 56.7 Å². The molecular weight excluding hydrogens is 270 g/mol. The van der Waals surface area contributed by atoms with Crippen LogP contribution in [-0.4, -0.2) is 59.0 Å². The molecule has 0 saturated carbocycles. The number of piperidine rings is 1. The molecule has 3 aliphatic heterocycles. The lowest BCUT2D eigenvalue weighted by Gasteiger charge is -2.48. The molecule has 3 heterocycles. The SMILES string of the molecule is CCCN1CCC(O)(C2CCOC3(CCSC3)C2)CC1. The van der Waals surface area contributed by atoms with E-state index in [-0.39, 0.29) is 5.60 Å². The monoisotopic (exact) mass is 299 g/mol. The Bertz CT molecular complexity index is 322. The Morgan fingerprint density at radius 2 is 2.10 bits per heavy atom. The van der Waals surface area contributed by atoms with E-state index in [4.69, 9.17) is 4.74 Å². The van der Waals surface area contributed by atoms with Crippen LogP contribution in [0.5, 0.6) is 0 Å². The Morgan fingerprint density at radius 1 is 1.30 bits per heavy atom. The summed E-state index contributed by atoms with van der Waals surface area (Å²) >= 11 is 2.02. The van der Waals surface area contributed by atoms with Gasteiger partial charge < -0.3 is 14.7 Å². The van der Waals surface area contributed by atoms with Gasteiger partial charge in [0.05, 0.1) is 11.2 Å². The molecule has 116 valence electrons. The zero-order valence-corrected chi connectivity index (χ0v) is 13.6. The van der Waals surface area contributed by atoms with Crippen LogP contribution in [0.4, 0.5) is 0 Å². The highest BCUT2D eigenvalue weighted by atomic mass is 32.2. The Morgan fingerprint density at radius 3 is 2.75 bits per heavy atom. The third-order valence-electron chi connectivity index (χ3n) is 5.58. The van der Waals surface area contributed by atoms with Gasteiger partial charge in [-0.2, -0.15) is 11.8 Å². The van der Waals surface area contributed by atoms with Crippen LogP contribution in [0.2, 0.25) is 0 Å². The van der Waals surface area contributed by atoms with E-state index in [0.717, 1.165) is 51.1 Å². The van der Waals surface area contributed by atoms with E-state index < -0.39 is 5.60 Å². The van der Waals surface area contributed by atoms with Crippen LogP contribution in [-0.2, 0) is 4.74 Å². The Labute approximate surface area is 127 Å². The van der Waals surface area contributed by atoms with Crippen molar-refractivity contribution in [2.45, 2.75) is 56.7 Å². The van der Waals surface area contributed by atoms with Crippen molar-refractivity contribution in [3.05, 3.63) is 0 Å². The summed E-state index contributed by atoms with van der Waals surface area (Å²) in [4.78, 5) is 2.51. The van der Waals surface area contributed by atoms with Crippen LogP contribution in [0.3, 0.4) is 0 Å². The third-order valence-corrected chi connectivity index (χ3v) is 6.80. The summed E-state index contributed by atoms with van der Waals surface area (Å²) in [6.45, 7) is 6.42. The van der Waals surface area contributed by atoms with Gasteiger partial charge in [0, 0.05) is 25.4 Å². The lowest BCUT2D eigenvalue weighted by molar-refractivity contribution is -0.147. The summed E-state index contributed by atoms with van der Waals surface area (Å²) < 4.78 is 6.11. The van der Waals surface area contributed by atoms with Crippen LogP contribution < -0.4 is 0 Å². The normalized spacial score (nSPS) is 38.4. The van der Waals surface area contributed by atoms with Crippen molar-refractivity contribution in [1.29, 1.82) is 0 Å². The van der Waals surface area contributed by atoms with Gasteiger partial charge >= 0.3 is 0 Å². The fraction of sp³-hybridized carbons (Fsp3) is 1.00. The van der Waals surface area contributed by atoms with Crippen molar-refractivity contribution in [2.24, 2.45) is 5.92 Å². The highest BCUT2D eigenvalue weighted by molar-refractivity contribution is 7.99. The van der Waals surface area contributed by atoms with Crippen molar-refractivity contribution in [1.82, 2.24) is 4.90 Å². The van der Waals surface area contributed by atoms with Gasteiger partial charge in [-0.15, -0.1) is 0 Å². The van der Waals surface area contributed by atoms with Crippen LogP contribution in [0.1, 0.15) is 45.4 Å². The number of likely N-dealkylation sites (tertiary alicyclic amines) is 1. The van der Waals surface area contributed by atoms with Gasteiger partial charge in [0.15, 0.2) is 0 Å². The van der Waals surface area contributed by atoms with Crippen LogP contribution >= 0.6 is 11.8 Å². The highest BCUT2D eigenvalue weighted by Crippen LogP contribution is 2.45. The maximum absolute atomic E-state index is 11.1. The highest BCUT2D eigenvalue weighted by Gasteiger charge is 2.48. The van der Waals surface area contributed by atoms with E-state index in [1.807, 2.05) is 11.8 Å². The summed E-state index contributed by atoms with van der Waals surface area (Å²) in [7, 11) is 0. The van der Waals surface area contributed by atoms with Gasteiger partial charge in [0.2, 0.25) is 0 Å². The standard InChI is InChI=1S/C16H29NO2S/c1-2-7-17-8-4-16(18,5-9-17)14-3-10-19-15(12-14)6-11-20-13-15/h14,18H,2-13H2,1H3. The minimum Gasteiger partial charge on any atom is -0.389 e. The molecule has 0 radical (unpaired) electrons. The molecule has 0 amide bonds. The van der Waals surface area contributed by atoms with E-state index in [0.29, 0.717) is 5.92 Å². The lowest BCUT2D eigenvalue weighted by Crippen LogP contribution is -2.53. The topological polar surface area (TPSA) is 32.7 Å². The summed E-state index contributed by atoms with van der Waals surface area (Å²) in [6.07, 6.45) is 6.46. The van der Waals surface area contributed by atoms with Crippen LogP contribution in [0.25, 0.3) is 0 Å². The molecule has 0 bridgehead atoms. The second kappa shape index (κ2) is 6.15. The first kappa shape index (κ1) is 15.1. The first-order valence-corrected chi connectivity index (χ1v) is 9.48. The number of ether oxygens (including phenoxy) is 1. The number of thioether (sulfide) groups is 1. The quantitative estimate of drug-likeness (QED) is 0.868. The van der Waals surface area contributed by atoms with E-state index in [2.05, 4.69) is 11.8 Å². The predicted octanol–water partition coefficient (Wildman–Crippen LogP) is 2.53. The molecule has 0 aliphatic carbocycles. The second-order valence-electron chi connectivity index (χ2n) is 6.97. The number of hydrogen-bond donors (Lipinski definition) is 1. The van der Waals surface area contributed by atoms with Crippen molar-refractivity contribution < 1.29 is 9.84 Å². The molecule has 4 heteroatoms. The molecule has 3 rings (SSSR count). The zero-order chi connectivity index (χ0) is 14.1. The number of rotatable bonds is 3. The molecule has 20 heavy (non-hydrogen) atoms. The Balaban J connectivity index is 1.60. The van der Waals surface area contributed by atoms with Gasteiger partial charge in [-0.3, -0.25) is 0 Å². The first-order valence-electron chi connectivity index (χ1n) is 8.32. The van der Waals surface area contributed by atoms with Crippen molar-refractivity contribution >= 4 is 11.8 Å². The zero-order valence-electron chi connectivity index (χ0n) is 12.8. The second-order valence-corrected chi connectivity index (χ2v) is 8.07. The summed E-state index contributed by atoms with van der Waals surface area (Å²) in [6, 6.07) is 0. The van der Waals surface area contributed by atoms with E-state index in [9.17, 15) is 5.11 Å². The van der Waals surface area contributed by atoms with Gasteiger partial charge in [0.25, 0.3) is 0 Å². The molecule has 2 atom stereocenters. The summed E-state index contributed by atoms with van der Waals surface area (Å²) in [5.41, 5.74) is -0.321. The minimum atomic E-state index is -0.422. The molecule has 3 saturated heterocycles. The summed E-state index contributed by atoms with van der Waals surface area (Å²) in [5.74, 6) is 2.83. The number of hydrogen-bond acceptors (Lipinski definition) is 4. The van der Waals surface area contributed by atoms with Gasteiger partial charge in [0.1, 0.15) is 0 Å². The lowest BCUT2D eigenvalue weighted by atomic mass is 9.71. The van der Waals surface area contributed by atoms with Gasteiger partial charge in [-0.1, -0.05) is 6.92 Å². The fourth-order valence-electron chi connectivity index (χ4n) is 4.24. The minimum absolute atomic E-state index is 0.101. The number of nitrogens with zero attached hydrogens (tertiary/aromatic N) is 1. The molecule has 1 spiro atoms. The van der Waals surface area contributed by atoms with Crippen molar-refractivity contribution in [3.8, 4) is 0 Å². The first-order chi connectivity index (χ1) is 9.66. The molecule has 1 N–H and O–H groups in total.